The molecule has 3 rings (SSSR count). The predicted molar refractivity (Wildman–Crippen MR) is 84.4 cm³/mol. The molecule has 2 aromatic rings. The van der Waals surface area contributed by atoms with E-state index in [2.05, 4.69) is 5.32 Å². The standard InChI is InChI=1S/C16H15Cl2NO2/c17-13-4-2-1-3-12(13)10-19-9-11-7-14(18)16-15(8-11)20-5-6-21-16/h1-4,7-8,19H,5-6,9-10H2. The Bertz CT molecular complexity index is 646. The summed E-state index contributed by atoms with van der Waals surface area (Å²) >= 11 is 12.3. The fourth-order valence-electron chi connectivity index (χ4n) is 2.25. The minimum atomic E-state index is 0.539. The lowest BCUT2D eigenvalue weighted by Gasteiger charge is -2.20. The molecule has 3 nitrogen and oxygen atoms in total. The molecule has 0 saturated carbocycles. The first-order valence-corrected chi connectivity index (χ1v) is 7.52. The van der Waals surface area contributed by atoms with Crippen LogP contribution in [0.2, 0.25) is 10.0 Å². The summed E-state index contributed by atoms with van der Waals surface area (Å²) in [7, 11) is 0. The van der Waals surface area contributed by atoms with Crippen LogP contribution >= 0.6 is 23.2 Å². The van der Waals surface area contributed by atoms with Gasteiger partial charge in [0, 0.05) is 18.1 Å². The molecule has 110 valence electrons. The third kappa shape index (κ3) is 3.43. The van der Waals surface area contributed by atoms with Gasteiger partial charge in [-0.25, -0.2) is 0 Å². The highest BCUT2D eigenvalue weighted by atomic mass is 35.5. The Hall–Kier alpha value is -1.42. The summed E-state index contributed by atoms with van der Waals surface area (Å²) in [5, 5.41) is 4.71. The maximum absolute atomic E-state index is 6.21. The molecule has 0 unspecified atom stereocenters. The lowest BCUT2D eigenvalue weighted by Crippen LogP contribution is -2.17. The van der Waals surface area contributed by atoms with Crippen LogP contribution in [-0.2, 0) is 13.1 Å². The van der Waals surface area contributed by atoms with E-state index >= 15 is 0 Å². The Balaban J connectivity index is 1.66. The average molecular weight is 324 g/mol. The Kier molecular flexibility index (Phi) is 4.54. The molecular formula is C16H15Cl2NO2. The first-order chi connectivity index (χ1) is 10.2. The summed E-state index contributed by atoms with van der Waals surface area (Å²) < 4.78 is 11.1. The fourth-order valence-corrected chi connectivity index (χ4v) is 2.74. The lowest BCUT2D eigenvalue weighted by molar-refractivity contribution is 0.171. The van der Waals surface area contributed by atoms with Gasteiger partial charge in [0.05, 0.1) is 5.02 Å². The number of nitrogens with one attached hydrogen (secondary N) is 1. The average Bonchev–Trinajstić information content (AvgIpc) is 2.49. The molecule has 1 N–H and O–H groups in total. The second-order valence-corrected chi connectivity index (χ2v) is 5.61. The summed E-state index contributed by atoms with van der Waals surface area (Å²) in [6.45, 7) is 2.48. The maximum atomic E-state index is 6.21. The maximum Gasteiger partial charge on any atom is 0.179 e. The van der Waals surface area contributed by atoms with Crippen LogP contribution in [-0.4, -0.2) is 13.2 Å². The number of benzene rings is 2. The van der Waals surface area contributed by atoms with Crippen LogP contribution in [0, 0.1) is 0 Å². The van der Waals surface area contributed by atoms with Crippen molar-refractivity contribution in [2.75, 3.05) is 13.2 Å². The highest BCUT2D eigenvalue weighted by Gasteiger charge is 2.16. The lowest BCUT2D eigenvalue weighted by atomic mass is 10.1. The van der Waals surface area contributed by atoms with Gasteiger partial charge in [0.2, 0.25) is 0 Å². The van der Waals surface area contributed by atoms with Crippen molar-refractivity contribution in [3.63, 3.8) is 0 Å². The largest absolute Gasteiger partial charge is 0.486 e. The van der Waals surface area contributed by atoms with Gasteiger partial charge in [-0.15, -0.1) is 0 Å². The normalized spacial score (nSPS) is 13.2. The molecule has 0 aliphatic carbocycles. The van der Waals surface area contributed by atoms with Gasteiger partial charge in [-0.1, -0.05) is 41.4 Å². The van der Waals surface area contributed by atoms with Gasteiger partial charge < -0.3 is 14.8 Å². The van der Waals surface area contributed by atoms with Crippen molar-refractivity contribution in [1.29, 1.82) is 0 Å². The number of rotatable bonds is 4. The van der Waals surface area contributed by atoms with Gasteiger partial charge in [0.25, 0.3) is 0 Å². The predicted octanol–water partition coefficient (Wildman–Crippen LogP) is 4.05. The molecule has 1 aliphatic heterocycles. The molecule has 0 radical (unpaired) electrons. The number of halogens is 2. The van der Waals surface area contributed by atoms with Gasteiger partial charge >= 0.3 is 0 Å². The van der Waals surface area contributed by atoms with Gasteiger partial charge in [-0.3, -0.25) is 0 Å². The van der Waals surface area contributed by atoms with E-state index in [9.17, 15) is 0 Å². The molecule has 1 aliphatic rings. The first-order valence-electron chi connectivity index (χ1n) is 6.76. The minimum absolute atomic E-state index is 0.539. The van der Waals surface area contributed by atoms with Crippen LogP contribution in [0.4, 0.5) is 0 Å². The summed E-state index contributed by atoms with van der Waals surface area (Å²) in [4.78, 5) is 0. The highest BCUT2D eigenvalue weighted by molar-refractivity contribution is 6.32. The van der Waals surface area contributed by atoms with Crippen molar-refractivity contribution in [2.45, 2.75) is 13.1 Å². The molecular weight excluding hydrogens is 309 g/mol. The minimum Gasteiger partial charge on any atom is -0.486 e. The number of hydrogen-bond donors (Lipinski definition) is 1. The van der Waals surface area contributed by atoms with Crippen LogP contribution in [0.1, 0.15) is 11.1 Å². The fraction of sp³-hybridized carbons (Fsp3) is 0.250. The van der Waals surface area contributed by atoms with Crippen LogP contribution in [0.15, 0.2) is 36.4 Å². The third-order valence-corrected chi connectivity index (χ3v) is 3.91. The summed E-state index contributed by atoms with van der Waals surface area (Å²) in [5.41, 5.74) is 2.12. The molecule has 0 bridgehead atoms. The summed E-state index contributed by atoms with van der Waals surface area (Å²) in [5.74, 6) is 1.35. The monoisotopic (exact) mass is 323 g/mol. The van der Waals surface area contributed by atoms with Crippen molar-refractivity contribution >= 4 is 23.2 Å². The molecule has 0 amide bonds. The molecule has 1 heterocycles. The summed E-state index contributed by atoms with van der Waals surface area (Å²) in [6, 6.07) is 11.6. The van der Waals surface area contributed by atoms with Crippen LogP contribution in [0.5, 0.6) is 11.5 Å². The molecule has 5 heteroatoms. The smallest absolute Gasteiger partial charge is 0.179 e. The van der Waals surface area contributed by atoms with Gasteiger partial charge in [0.15, 0.2) is 11.5 Å². The van der Waals surface area contributed by atoms with Gasteiger partial charge in [-0.05, 0) is 29.3 Å². The van der Waals surface area contributed by atoms with Crippen LogP contribution in [0.3, 0.4) is 0 Å². The van der Waals surface area contributed by atoms with Crippen LogP contribution < -0.4 is 14.8 Å². The van der Waals surface area contributed by atoms with E-state index in [0.717, 1.165) is 16.1 Å². The molecule has 0 fully saturated rings. The molecule has 0 saturated heterocycles. The highest BCUT2D eigenvalue weighted by Crippen LogP contribution is 2.38. The van der Waals surface area contributed by atoms with E-state index in [1.165, 1.54) is 0 Å². The van der Waals surface area contributed by atoms with Gasteiger partial charge in [-0.2, -0.15) is 0 Å². The topological polar surface area (TPSA) is 30.5 Å². The molecule has 0 atom stereocenters. The Morgan fingerprint density at radius 1 is 0.952 bits per heavy atom. The molecule has 0 aromatic heterocycles. The number of ether oxygens (including phenoxy) is 2. The Morgan fingerprint density at radius 2 is 1.76 bits per heavy atom. The molecule has 2 aromatic carbocycles. The second-order valence-electron chi connectivity index (χ2n) is 4.80. The van der Waals surface area contributed by atoms with Crippen molar-refractivity contribution < 1.29 is 9.47 Å². The van der Waals surface area contributed by atoms with E-state index in [0.29, 0.717) is 42.8 Å². The van der Waals surface area contributed by atoms with Crippen molar-refractivity contribution in [2.24, 2.45) is 0 Å². The van der Waals surface area contributed by atoms with Crippen molar-refractivity contribution in [3.8, 4) is 11.5 Å². The quantitative estimate of drug-likeness (QED) is 0.920. The molecule has 21 heavy (non-hydrogen) atoms. The SMILES string of the molecule is Clc1ccccc1CNCc1cc(Cl)c2c(c1)OCCO2. The van der Waals surface area contributed by atoms with Crippen molar-refractivity contribution in [1.82, 2.24) is 5.32 Å². The van der Waals surface area contributed by atoms with E-state index in [1.54, 1.807) is 0 Å². The Labute approximate surface area is 133 Å². The van der Waals surface area contributed by atoms with Crippen molar-refractivity contribution in [3.05, 3.63) is 57.6 Å². The zero-order valence-corrected chi connectivity index (χ0v) is 12.9. The Morgan fingerprint density at radius 3 is 2.62 bits per heavy atom. The van der Waals surface area contributed by atoms with E-state index in [1.807, 2.05) is 36.4 Å². The molecule has 0 spiro atoms. The summed E-state index contributed by atoms with van der Waals surface area (Å²) in [6.07, 6.45) is 0. The van der Waals surface area contributed by atoms with E-state index in [-0.39, 0.29) is 0 Å². The van der Waals surface area contributed by atoms with Gasteiger partial charge in [0.1, 0.15) is 13.2 Å². The zero-order chi connectivity index (χ0) is 14.7. The third-order valence-electron chi connectivity index (χ3n) is 3.26. The second kappa shape index (κ2) is 6.56. The zero-order valence-electron chi connectivity index (χ0n) is 11.4. The first kappa shape index (κ1) is 14.5. The van der Waals surface area contributed by atoms with E-state index < -0.39 is 0 Å². The van der Waals surface area contributed by atoms with Crippen LogP contribution in [0.25, 0.3) is 0 Å². The number of hydrogen-bond acceptors (Lipinski definition) is 3. The number of fused-ring (bicyclic) bond motifs is 1. The van der Waals surface area contributed by atoms with E-state index in [4.69, 9.17) is 32.7 Å².